The minimum atomic E-state index is -0.364. The lowest BCUT2D eigenvalue weighted by molar-refractivity contribution is 0.0255. The minimum Gasteiger partial charge on any atom is -0.490 e. The van der Waals surface area contributed by atoms with Crippen molar-refractivity contribution in [3.63, 3.8) is 0 Å². The number of rotatable bonds is 2. The largest absolute Gasteiger partial charge is 0.490 e. The molecule has 0 saturated carbocycles. The highest BCUT2D eigenvalue weighted by Crippen LogP contribution is 2.21. The van der Waals surface area contributed by atoms with Crippen LogP contribution >= 0.6 is 0 Å². The van der Waals surface area contributed by atoms with Crippen LogP contribution in [0.15, 0.2) is 18.2 Å². The molecule has 2 rings (SSSR count). The second-order valence-corrected chi connectivity index (χ2v) is 3.65. The van der Waals surface area contributed by atoms with Crippen LogP contribution in [0.1, 0.15) is 12.8 Å². The molecular weight excluding hydrogens is 197 g/mol. The highest BCUT2D eigenvalue weighted by molar-refractivity contribution is 5.44. The molecule has 2 N–H and O–H groups in total. The smallest absolute Gasteiger partial charge is 0.128 e. The maximum absolute atomic E-state index is 13.0. The van der Waals surface area contributed by atoms with E-state index in [0.29, 0.717) is 24.7 Å². The van der Waals surface area contributed by atoms with Gasteiger partial charge < -0.3 is 15.2 Å². The molecule has 0 aromatic heterocycles. The van der Waals surface area contributed by atoms with Crippen molar-refractivity contribution in [3.05, 3.63) is 24.0 Å². The summed E-state index contributed by atoms with van der Waals surface area (Å²) in [4.78, 5) is 0. The summed E-state index contributed by atoms with van der Waals surface area (Å²) in [5.74, 6) is 0.136. The highest BCUT2D eigenvalue weighted by atomic mass is 19.1. The van der Waals surface area contributed by atoms with Gasteiger partial charge in [-0.2, -0.15) is 0 Å². The second kappa shape index (κ2) is 4.49. The molecule has 1 saturated heterocycles. The Labute approximate surface area is 88.0 Å². The first kappa shape index (κ1) is 10.2. The maximum Gasteiger partial charge on any atom is 0.128 e. The zero-order valence-electron chi connectivity index (χ0n) is 8.41. The Hall–Kier alpha value is -1.29. The van der Waals surface area contributed by atoms with Gasteiger partial charge in [-0.1, -0.05) is 0 Å². The molecule has 0 radical (unpaired) electrons. The number of hydrogen-bond acceptors (Lipinski definition) is 3. The lowest BCUT2D eigenvalue weighted by atomic mass is 10.1. The van der Waals surface area contributed by atoms with Crippen molar-refractivity contribution in [2.75, 3.05) is 18.9 Å². The van der Waals surface area contributed by atoms with E-state index >= 15 is 0 Å². The molecule has 15 heavy (non-hydrogen) atoms. The Kier molecular flexibility index (Phi) is 3.06. The molecule has 0 amide bonds. The molecular formula is C11H14FNO2. The van der Waals surface area contributed by atoms with Gasteiger partial charge in [0.05, 0.1) is 13.2 Å². The number of hydrogen-bond donors (Lipinski definition) is 1. The van der Waals surface area contributed by atoms with E-state index in [1.807, 2.05) is 0 Å². The second-order valence-electron chi connectivity index (χ2n) is 3.65. The number of benzene rings is 1. The van der Waals surface area contributed by atoms with Gasteiger partial charge in [-0.25, -0.2) is 4.39 Å². The van der Waals surface area contributed by atoms with Gasteiger partial charge in [0, 0.05) is 30.7 Å². The van der Waals surface area contributed by atoms with Crippen molar-refractivity contribution in [1.82, 2.24) is 0 Å². The Balaban J connectivity index is 2.02. The van der Waals surface area contributed by atoms with E-state index < -0.39 is 0 Å². The van der Waals surface area contributed by atoms with Crippen LogP contribution in [0.5, 0.6) is 5.75 Å². The van der Waals surface area contributed by atoms with Crippen molar-refractivity contribution in [2.24, 2.45) is 0 Å². The maximum atomic E-state index is 13.0. The zero-order valence-corrected chi connectivity index (χ0v) is 8.41. The fourth-order valence-corrected chi connectivity index (χ4v) is 1.64. The van der Waals surface area contributed by atoms with Gasteiger partial charge in [0.2, 0.25) is 0 Å². The summed E-state index contributed by atoms with van der Waals surface area (Å²) in [5, 5.41) is 0. The van der Waals surface area contributed by atoms with Crippen molar-refractivity contribution in [1.29, 1.82) is 0 Å². The third kappa shape index (κ3) is 2.83. The van der Waals surface area contributed by atoms with Crippen LogP contribution in [0.25, 0.3) is 0 Å². The molecule has 1 fully saturated rings. The molecule has 1 aliphatic heterocycles. The summed E-state index contributed by atoms with van der Waals surface area (Å²) in [6.07, 6.45) is 1.80. The molecule has 0 unspecified atom stereocenters. The van der Waals surface area contributed by atoms with E-state index in [4.69, 9.17) is 15.2 Å². The molecule has 1 aliphatic rings. The van der Waals surface area contributed by atoms with Crippen molar-refractivity contribution in [3.8, 4) is 5.75 Å². The monoisotopic (exact) mass is 211 g/mol. The molecule has 1 aromatic rings. The van der Waals surface area contributed by atoms with Crippen LogP contribution in [-0.2, 0) is 4.74 Å². The summed E-state index contributed by atoms with van der Waals surface area (Å²) >= 11 is 0. The Morgan fingerprint density at radius 3 is 2.67 bits per heavy atom. The summed E-state index contributed by atoms with van der Waals surface area (Å²) in [6.45, 7) is 1.41. The number of halogens is 1. The average Bonchev–Trinajstić information content (AvgIpc) is 2.17. The zero-order chi connectivity index (χ0) is 10.7. The van der Waals surface area contributed by atoms with Crippen LogP contribution in [0, 0.1) is 5.82 Å². The number of nitrogens with two attached hydrogens (primary N) is 1. The Morgan fingerprint density at radius 1 is 1.27 bits per heavy atom. The standard InChI is InChI=1S/C11H14FNO2/c12-8-5-9(13)7-11(6-8)15-10-1-3-14-4-2-10/h5-7,10H,1-4,13H2. The molecule has 3 nitrogen and oxygen atoms in total. The fourth-order valence-electron chi connectivity index (χ4n) is 1.64. The summed E-state index contributed by atoms with van der Waals surface area (Å²) < 4.78 is 23.8. The summed E-state index contributed by atoms with van der Waals surface area (Å²) in [7, 11) is 0. The van der Waals surface area contributed by atoms with E-state index in [2.05, 4.69) is 0 Å². The van der Waals surface area contributed by atoms with Gasteiger partial charge in [0.15, 0.2) is 0 Å². The van der Waals surface area contributed by atoms with E-state index in [0.717, 1.165) is 12.8 Å². The van der Waals surface area contributed by atoms with Crippen LogP contribution in [0.4, 0.5) is 10.1 Å². The predicted molar refractivity (Wildman–Crippen MR) is 55.3 cm³/mol. The van der Waals surface area contributed by atoms with E-state index in [9.17, 15) is 4.39 Å². The lowest BCUT2D eigenvalue weighted by Crippen LogP contribution is -2.25. The van der Waals surface area contributed by atoms with Crippen LogP contribution in [0.3, 0.4) is 0 Å². The molecule has 0 atom stereocenters. The Bertz CT molecular complexity index is 317. The van der Waals surface area contributed by atoms with E-state index in [1.165, 1.54) is 12.1 Å². The van der Waals surface area contributed by atoms with Gasteiger partial charge in [-0.3, -0.25) is 0 Å². The topological polar surface area (TPSA) is 44.5 Å². The summed E-state index contributed by atoms with van der Waals surface area (Å²) in [6, 6.07) is 4.27. The Morgan fingerprint density at radius 2 is 2.00 bits per heavy atom. The van der Waals surface area contributed by atoms with Gasteiger partial charge in [-0.15, -0.1) is 0 Å². The normalized spacial score (nSPS) is 17.7. The predicted octanol–water partition coefficient (Wildman–Crippen LogP) is 1.97. The van der Waals surface area contributed by atoms with Crippen molar-refractivity contribution in [2.45, 2.75) is 18.9 Å². The van der Waals surface area contributed by atoms with E-state index in [-0.39, 0.29) is 11.9 Å². The highest BCUT2D eigenvalue weighted by Gasteiger charge is 2.15. The molecule has 82 valence electrons. The molecule has 4 heteroatoms. The third-order valence-corrected chi connectivity index (χ3v) is 2.36. The number of nitrogen functional groups attached to an aromatic ring is 1. The molecule has 1 heterocycles. The van der Waals surface area contributed by atoms with Crippen LogP contribution in [-0.4, -0.2) is 19.3 Å². The first-order valence-electron chi connectivity index (χ1n) is 5.04. The number of anilines is 1. The molecule has 1 aromatic carbocycles. The summed E-state index contributed by atoms with van der Waals surface area (Å²) in [5.41, 5.74) is 5.91. The SMILES string of the molecule is Nc1cc(F)cc(OC2CCOCC2)c1. The van der Waals surface area contributed by atoms with Crippen LogP contribution in [0.2, 0.25) is 0 Å². The number of ether oxygens (including phenoxy) is 2. The average molecular weight is 211 g/mol. The fraction of sp³-hybridized carbons (Fsp3) is 0.455. The van der Waals surface area contributed by atoms with Gasteiger partial charge in [0.25, 0.3) is 0 Å². The van der Waals surface area contributed by atoms with Crippen molar-refractivity contribution < 1.29 is 13.9 Å². The van der Waals surface area contributed by atoms with Gasteiger partial charge in [0.1, 0.15) is 17.7 Å². The van der Waals surface area contributed by atoms with Gasteiger partial charge in [-0.05, 0) is 6.07 Å². The van der Waals surface area contributed by atoms with Gasteiger partial charge >= 0.3 is 0 Å². The van der Waals surface area contributed by atoms with Crippen molar-refractivity contribution >= 4 is 5.69 Å². The molecule has 0 aliphatic carbocycles. The first-order chi connectivity index (χ1) is 7.24. The first-order valence-corrected chi connectivity index (χ1v) is 5.04. The quantitative estimate of drug-likeness (QED) is 0.760. The van der Waals surface area contributed by atoms with E-state index in [1.54, 1.807) is 6.07 Å². The lowest BCUT2D eigenvalue weighted by Gasteiger charge is -2.23. The third-order valence-electron chi connectivity index (χ3n) is 2.36. The minimum absolute atomic E-state index is 0.111. The molecule has 0 spiro atoms. The van der Waals surface area contributed by atoms with Crippen LogP contribution < -0.4 is 10.5 Å². The molecule has 0 bridgehead atoms.